The van der Waals surface area contributed by atoms with E-state index in [0.29, 0.717) is 17.9 Å². The molecule has 4 heterocycles. The summed E-state index contributed by atoms with van der Waals surface area (Å²) in [6, 6.07) is 14.9. The second-order valence-corrected chi connectivity index (χ2v) is 8.38. The molecule has 1 aromatic carbocycles. The van der Waals surface area contributed by atoms with Gasteiger partial charge >= 0.3 is 0 Å². The average molecular weight is 459 g/mol. The fraction of sp³-hybridized carbons (Fsp3) is 0.280. The monoisotopic (exact) mass is 458 g/mol. The quantitative estimate of drug-likeness (QED) is 0.439. The Morgan fingerprint density at radius 3 is 2.59 bits per heavy atom. The van der Waals surface area contributed by atoms with Crippen molar-refractivity contribution < 1.29 is 14.0 Å². The fourth-order valence-corrected chi connectivity index (χ4v) is 4.48. The third-order valence-corrected chi connectivity index (χ3v) is 6.20. The normalized spacial score (nSPS) is 15.3. The van der Waals surface area contributed by atoms with Crippen LogP contribution in [-0.2, 0) is 0 Å². The van der Waals surface area contributed by atoms with E-state index in [-0.39, 0.29) is 23.3 Å². The van der Waals surface area contributed by atoms with Crippen molar-refractivity contribution in [2.75, 3.05) is 19.6 Å². The first kappa shape index (κ1) is 21.8. The molecule has 2 amide bonds. The summed E-state index contributed by atoms with van der Waals surface area (Å²) in [5.41, 5.74) is 7.47. The molecule has 0 saturated carbocycles. The van der Waals surface area contributed by atoms with Gasteiger partial charge in [0.25, 0.3) is 11.8 Å². The fourth-order valence-electron chi connectivity index (χ4n) is 4.48. The highest BCUT2D eigenvalue weighted by Gasteiger charge is 2.26. The summed E-state index contributed by atoms with van der Waals surface area (Å²) in [6.07, 6.45) is 6.53. The van der Waals surface area contributed by atoms with Crippen LogP contribution in [0.1, 0.15) is 52.0 Å². The molecule has 4 aromatic rings. The van der Waals surface area contributed by atoms with Crippen molar-refractivity contribution in [1.29, 1.82) is 0 Å². The van der Waals surface area contributed by atoms with Gasteiger partial charge in [0.05, 0.1) is 18.0 Å². The second kappa shape index (κ2) is 9.48. The Bertz CT molecular complexity index is 1290. The van der Waals surface area contributed by atoms with Crippen molar-refractivity contribution in [3.63, 3.8) is 0 Å². The SMILES string of the molecule is NC(=O)c1ncn2c(C(=O)NC[C@@H](c3ccco3)N3CCCCC3)cc(-c3ccccc3)nc12. The zero-order valence-electron chi connectivity index (χ0n) is 18.7. The van der Waals surface area contributed by atoms with E-state index >= 15 is 0 Å². The van der Waals surface area contributed by atoms with Crippen molar-refractivity contribution in [3.05, 3.63) is 78.3 Å². The van der Waals surface area contributed by atoms with Gasteiger partial charge in [-0.1, -0.05) is 36.8 Å². The Labute approximate surface area is 196 Å². The molecule has 0 bridgehead atoms. The van der Waals surface area contributed by atoms with E-state index < -0.39 is 5.91 Å². The summed E-state index contributed by atoms with van der Waals surface area (Å²) in [5, 5.41) is 3.06. The van der Waals surface area contributed by atoms with Crippen LogP contribution in [0.4, 0.5) is 0 Å². The van der Waals surface area contributed by atoms with E-state index in [1.54, 1.807) is 12.3 Å². The molecule has 174 valence electrons. The average Bonchev–Trinajstić information content (AvgIpc) is 3.55. The summed E-state index contributed by atoms with van der Waals surface area (Å²) in [4.78, 5) is 36.4. The van der Waals surface area contributed by atoms with Crippen molar-refractivity contribution in [2.45, 2.75) is 25.3 Å². The van der Waals surface area contributed by atoms with Gasteiger partial charge in [-0.15, -0.1) is 0 Å². The van der Waals surface area contributed by atoms with Gasteiger partial charge in [0.2, 0.25) is 0 Å². The van der Waals surface area contributed by atoms with Gasteiger partial charge in [-0.05, 0) is 44.1 Å². The standard InChI is InChI=1S/C25H26N6O3/c26-23(32)22-24-29-18(17-8-3-1-4-9-17)14-19(31(24)16-28-22)25(33)27-15-20(21-10-7-13-34-21)30-11-5-2-6-12-30/h1,3-4,7-10,13-14,16,20H,2,5-6,11-12,15H2,(H2,26,32)(H,27,33)/t20-/m0/s1. The Kier molecular flexibility index (Phi) is 6.09. The number of amides is 2. The lowest BCUT2D eigenvalue weighted by atomic mass is 10.1. The molecular formula is C25H26N6O3. The van der Waals surface area contributed by atoms with Crippen molar-refractivity contribution in [1.82, 2.24) is 24.6 Å². The van der Waals surface area contributed by atoms with Crippen molar-refractivity contribution in [3.8, 4) is 11.3 Å². The first-order chi connectivity index (χ1) is 16.6. The number of nitrogens with two attached hydrogens (primary N) is 1. The van der Waals surface area contributed by atoms with Gasteiger partial charge < -0.3 is 15.5 Å². The molecule has 0 radical (unpaired) electrons. The number of fused-ring (bicyclic) bond motifs is 1. The number of primary amides is 1. The van der Waals surface area contributed by atoms with Crippen molar-refractivity contribution >= 4 is 17.5 Å². The number of nitrogens with zero attached hydrogens (tertiary/aromatic N) is 4. The van der Waals surface area contributed by atoms with Gasteiger partial charge in [0.1, 0.15) is 17.8 Å². The number of benzene rings is 1. The van der Waals surface area contributed by atoms with E-state index in [2.05, 4.69) is 20.2 Å². The van der Waals surface area contributed by atoms with Gasteiger partial charge in [-0.3, -0.25) is 18.9 Å². The molecule has 9 heteroatoms. The zero-order chi connectivity index (χ0) is 23.5. The van der Waals surface area contributed by atoms with E-state index in [9.17, 15) is 9.59 Å². The molecule has 1 aliphatic rings. The first-order valence-electron chi connectivity index (χ1n) is 11.4. The number of hydrogen-bond donors (Lipinski definition) is 2. The molecule has 3 aromatic heterocycles. The summed E-state index contributed by atoms with van der Waals surface area (Å²) < 4.78 is 7.20. The molecule has 0 aliphatic carbocycles. The number of hydrogen-bond acceptors (Lipinski definition) is 6. The van der Waals surface area contributed by atoms with Crippen LogP contribution in [0.25, 0.3) is 16.9 Å². The van der Waals surface area contributed by atoms with Crippen LogP contribution in [0.3, 0.4) is 0 Å². The van der Waals surface area contributed by atoms with Crippen LogP contribution >= 0.6 is 0 Å². The van der Waals surface area contributed by atoms with Crippen molar-refractivity contribution in [2.24, 2.45) is 5.73 Å². The first-order valence-corrected chi connectivity index (χ1v) is 11.4. The minimum atomic E-state index is -0.699. The maximum absolute atomic E-state index is 13.4. The molecule has 5 rings (SSSR count). The van der Waals surface area contributed by atoms with Crippen LogP contribution in [-0.4, -0.2) is 50.7 Å². The highest BCUT2D eigenvalue weighted by atomic mass is 16.3. The highest BCUT2D eigenvalue weighted by molar-refractivity contribution is 5.99. The Morgan fingerprint density at radius 2 is 1.88 bits per heavy atom. The minimum absolute atomic E-state index is 0.0219. The van der Waals surface area contributed by atoms with Gasteiger partial charge in [0, 0.05) is 12.1 Å². The lowest BCUT2D eigenvalue weighted by Gasteiger charge is -2.33. The lowest BCUT2D eigenvalue weighted by molar-refractivity contribution is 0.0907. The van der Waals surface area contributed by atoms with Gasteiger partial charge in [-0.25, -0.2) is 9.97 Å². The number of carbonyl (C=O) groups is 2. The predicted octanol–water partition coefficient (Wildman–Crippen LogP) is 3.05. The van der Waals surface area contributed by atoms with Gasteiger partial charge in [0.15, 0.2) is 11.3 Å². The van der Waals surface area contributed by atoms with Gasteiger partial charge in [-0.2, -0.15) is 0 Å². The molecule has 34 heavy (non-hydrogen) atoms. The van der Waals surface area contributed by atoms with Crippen LogP contribution in [0.15, 0.2) is 65.5 Å². The topological polar surface area (TPSA) is 119 Å². The van der Waals surface area contributed by atoms with Crippen LogP contribution in [0, 0.1) is 0 Å². The largest absolute Gasteiger partial charge is 0.468 e. The van der Waals surface area contributed by atoms with E-state index in [4.69, 9.17) is 10.2 Å². The molecule has 0 spiro atoms. The molecule has 1 fully saturated rings. The summed E-state index contributed by atoms with van der Waals surface area (Å²) >= 11 is 0. The molecule has 1 atom stereocenters. The van der Waals surface area contributed by atoms with E-state index in [1.165, 1.54) is 17.1 Å². The molecular weight excluding hydrogens is 432 g/mol. The predicted molar refractivity (Wildman–Crippen MR) is 126 cm³/mol. The maximum atomic E-state index is 13.4. The number of piperidine rings is 1. The summed E-state index contributed by atoms with van der Waals surface area (Å²) in [6.45, 7) is 2.30. The highest BCUT2D eigenvalue weighted by Crippen LogP contribution is 2.25. The zero-order valence-corrected chi connectivity index (χ0v) is 18.7. The lowest BCUT2D eigenvalue weighted by Crippen LogP contribution is -2.40. The molecule has 3 N–H and O–H groups in total. The smallest absolute Gasteiger partial charge is 0.271 e. The Hall–Kier alpha value is -3.98. The molecule has 1 aliphatic heterocycles. The number of aromatic nitrogens is 3. The van der Waals surface area contributed by atoms with Crippen LogP contribution < -0.4 is 11.1 Å². The van der Waals surface area contributed by atoms with E-state index in [0.717, 1.165) is 37.3 Å². The number of furan rings is 1. The summed E-state index contributed by atoms with van der Waals surface area (Å²) in [7, 11) is 0. The molecule has 1 saturated heterocycles. The van der Waals surface area contributed by atoms with Crippen LogP contribution in [0.5, 0.6) is 0 Å². The number of carbonyl (C=O) groups excluding carboxylic acids is 2. The summed E-state index contributed by atoms with van der Waals surface area (Å²) in [5.74, 6) is -0.174. The third kappa shape index (κ3) is 4.29. The second-order valence-electron chi connectivity index (χ2n) is 8.38. The Balaban J connectivity index is 1.48. The number of nitrogens with one attached hydrogen (secondary N) is 1. The number of imidazole rings is 1. The van der Waals surface area contributed by atoms with E-state index in [1.807, 2.05) is 42.5 Å². The molecule has 9 nitrogen and oxygen atoms in total. The minimum Gasteiger partial charge on any atom is -0.468 e. The van der Waals surface area contributed by atoms with Crippen LogP contribution in [0.2, 0.25) is 0 Å². The maximum Gasteiger partial charge on any atom is 0.271 e. The molecule has 0 unspecified atom stereocenters. The number of rotatable bonds is 7. The Morgan fingerprint density at radius 1 is 1.09 bits per heavy atom. The number of likely N-dealkylation sites (tertiary alicyclic amines) is 1. The third-order valence-electron chi connectivity index (χ3n) is 6.20.